The maximum absolute atomic E-state index is 3.98. The largest absolute Gasteiger partial charge is 0.388 e. The normalized spacial score (nSPS) is 10.1. The highest BCUT2D eigenvalue weighted by molar-refractivity contribution is 5.92. The molecule has 0 heterocycles. The van der Waals surface area contributed by atoms with Gasteiger partial charge < -0.3 is 5.32 Å². The van der Waals surface area contributed by atoms with Gasteiger partial charge in [0.25, 0.3) is 0 Å². The monoisotopic (exact) mass is 183 g/mol. The Labute approximate surface area is 84.1 Å². The first-order valence-electron chi connectivity index (χ1n) is 4.67. The summed E-state index contributed by atoms with van der Waals surface area (Å²) < 4.78 is 0. The second-order valence-corrected chi connectivity index (χ2v) is 3.26. The van der Waals surface area contributed by atoms with E-state index in [0.717, 1.165) is 5.70 Å². The molecular weight excluding hydrogens is 170 g/mol. The Bertz CT molecular complexity index is 466. The van der Waals surface area contributed by atoms with Gasteiger partial charge in [-0.2, -0.15) is 0 Å². The average molecular weight is 183 g/mol. The van der Waals surface area contributed by atoms with Crippen molar-refractivity contribution in [1.82, 2.24) is 5.32 Å². The molecule has 0 aliphatic carbocycles. The van der Waals surface area contributed by atoms with Crippen LogP contribution in [0.4, 0.5) is 0 Å². The first kappa shape index (κ1) is 8.82. The molecule has 2 aromatic rings. The maximum Gasteiger partial charge on any atom is 0.0344 e. The summed E-state index contributed by atoms with van der Waals surface area (Å²) in [5.41, 5.74) is 2.13. The molecule has 0 radical (unpaired) electrons. The minimum absolute atomic E-state index is 0.960. The van der Waals surface area contributed by atoms with Gasteiger partial charge in [-0.05, 0) is 10.8 Å². The van der Waals surface area contributed by atoms with Crippen molar-refractivity contribution in [3.8, 4) is 0 Å². The van der Waals surface area contributed by atoms with Crippen molar-refractivity contribution in [1.29, 1.82) is 0 Å². The Morgan fingerprint density at radius 1 is 1.07 bits per heavy atom. The van der Waals surface area contributed by atoms with E-state index in [-0.39, 0.29) is 0 Å². The van der Waals surface area contributed by atoms with Crippen molar-refractivity contribution < 1.29 is 0 Å². The van der Waals surface area contributed by atoms with Crippen molar-refractivity contribution in [2.75, 3.05) is 7.05 Å². The number of nitrogens with one attached hydrogen (secondary N) is 1. The lowest BCUT2D eigenvalue weighted by atomic mass is 10.0. The van der Waals surface area contributed by atoms with Crippen molar-refractivity contribution in [2.45, 2.75) is 0 Å². The van der Waals surface area contributed by atoms with E-state index in [9.17, 15) is 0 Å². The van der Waals surface area contributed by atoms with E-state index in [4.69, 9.17) is 0 Å². The van der Waals surface area contributed by atoms with Gasteiger partial charge in [0.05, 0.1) is 0 Å². The molecule has 0 fully saturated rings. The Morgan fingerprint density at radius 2 is 1.79 bits per heavy atom. The van der Waals surface area contributed by atoms with Crippen molar-refractivity contribution in [2.24, 2.45) is 0 Å². The number of rotatable bonds is 2. The van der Waals surface area contributed by atoms with Gasteiger partial charge in [-0.3, -0.25) is 0 Å². The summed E-state index contributed by atoms with van der Waals surface area (Å²) in [6, 6.07) is 14.6. The van der Waals surface area contributed by atoms with Crippen LogP contribution in [0.15, 0.2) is 49.0 Å². The third-order valence-electron chi connectivity index (χ3n) is 2.42. The van der Waals surface area contributed by atoms with E-state index < -0.39 is 0 Å². The lowest BCUT2D eigenvalue weighted by Crippen LogP contribution is -2.03. The van der Waals surface area contributed by atoms with Gasteiger partial charge in [0.1, 0.15) is 0 Å². The summed E-state index contributed by atoms with van der Waals surface area (Å²) in [4.78, 5) is 0. The summed E-state index contributed by atoms with van der Waals surface area (Å²) in [6.45, 7) is 3.98. The highest BCUT2D eigenvalue weighted by Gasteiger charge is 2.01. The fourth-order valence-electron chi connectivity index (χ4n) is 1.62. The Morgan fingerprint density at radius 3 is 2.57 bits per heavy atom. The summed E-state index contributed by atoms with van der Waals surface area (Å²) in [5.74, 6) is 0. The highest BCUT2D eigenvalue weighted by atomic mass is 14.8. The molecule has 2 rings (SSSR count). The van der Waals surface area contributed by atoms with Crippen LogP contribution in [-0.2, 0) is 0 Å². The number of hydrogen-bond acceptors (Lipinski definition) is 1. The lowest BCUT2D eigenvalue weighted by Gasteiger charge is -2.08. The van der Waals surface area contributed by atoms with Gasteiger partial charge in [-0.15, -0.1) is 0 Å². The van der Waals surface area contributed by atoms with Crippen LogP contribution in [0.3, 0.4) is 0 Å². The zero-order chi connectivity index (χ0) is 9.97. The number of fused-ring (bicyclic) bond motifs is 1. The van der Waals surface area contributed by atoms with Crippen molar-refractivity contribution in [3.63, 3.8) is 0 Å². The van der Waals surface area contributed by atoms with Crippen LogP contribution in [0.25, 0.3) is 16.5 Å². The average Bonchev–Trinajstić information content (AvgIpc) is 2.27. The number of benzene rings is 2. The van der Waals surface area contributed by atoms with Crippen molar-refractivity contribution >= 4 is 16.5 Å². The van der Waals surface area contributed by atoms with E-state index in [2.05, 4.69) is 48.3 Å². The molecule has 0 bridgehead atoms. The summed E-state index contributed by atoms with van der Waals surface area (Å²) in [7, 11) is 1.89. The molecule has 0 aliphatic heterocycles. The summed E-state index contributed by atoms with van der Waals surface area (Å²) in [5, 5.41) is 5.57. The molecular formula is C13H13N. The van der Waals surface area contributed by atoms with Crippen molar-refractivity contribution in [3.05, 3.63) is 54.6 Å². The Balaban J connectivity index is 2.71. The smallest absolute Gasteiger partial charge is 0.0344 e. The third-order valence-corrected chi connectivity index (χ3v) is 2.42. The standard InChI is InChI=1S/C13H13N/c1-10(14-2)12-9-5-7-11-6-3-4-8-13(11)12/h3-9,14H,1H2,2H3. The van der Waals surface area contributed by atoms with Gasteiger partial charge in [0.15, 0.2) is 0 Å². The van der Waals surface area contributed by atoms with Crippen LogP contribution in [0, 0.1) is 0 Å². The molecule has 0 aromatic heterocycles. The minimum atomic E-state index is 0.960. The van der Waals surface area contributed by atoms with Gasteiger partial charge >= 0.3 is 0 Å². The lowest BCUT2D eigenvalue weighted by molar-refractivity contribution is 1.14. The van der Waals surface area contributed by atoms with Crippen LogP contribution in [0.5, 0.6) is 0 Å². The molecule has 0 spiro atoms. The SMILES string of the molecule is C=C(NC)c1cccc2ccccc12. The molecule has 1 nitrogen and oxygen atoms in total. The summed E-state index contributed by atoms with van der Waals surface area (Å²) >= 11 is 0. The van der Waals surface area contributed by atoms with E-state index in [0.29, 0.717) is 0 Å². The van der Waals surface area contributed by atoms with E-state index in [1.165, 1.54) is 16.3 Å². The maximum atomic E-state index is 3.98. The van der Waals surface area contributed by atoms with Crippen LogP contribution < -0.4 is 5.32 Å². The predicted molar refractivity (Wildman–Crippen MR) is 62.0 cm³/mol. The first-order chi connectivity index (χ1) is 6.83. The number of hydrogen-bond donors (Lipinski definition) is 1. The molecule has 1 heteroatoms. The minimum Gasteiger partial charge on any atom is -0.388 e. The molecule has 0 unspecified atom stereocenters. The Kier molecular flexibility index (Phi) is 2.23. The van der Waals surface area contributed by atoms with Crippen LogP contribution in [0.2, 0.25) is 0 Å². The third kappa shape index (κ3) is 1.37. The van der Waals surface area contributed by atoms with Gasteiger partial charge in [-0.1, -0.05) is 49.0 Å². The second kappa shape index (κ2) is 3.54. The van der Waals surface area contributed by atoms with E-state index in [1.807, 2.05) is 13.1 Å². The van der Waals surface area contributed by atoms with Gasteiger partial charge in [-0.25, -0.2) is 0 Å². The molecule has 0 aliphatic rings. The topological polar surface area (TPSA) is 12.0 Å². The molecule has 1 N–H and O–H groups in total. The Hall–Kier alpha value is -1.76. The highest BCUT2D eigenvalue weighted by Crippen LogP contribution is 2.22. The zero-order valence-electron chi connectivity index (χ0n) is 8.25. The second-order valence-electron chi connectivity index (χ2n) is 3.26. The van der Waals surface area contributed by atoms with Crippen LogP contribution >= 0.6 is 0 Å². The zero-order valence-corrected chi connectivity index (χ0v) is 8.25. The van der Waals surface area contributed by atoms with Crippen LogP contribution in [0.1, 0.15) is 5.56 Å². The van der Waals surface area contributed by atoms with E-state index >= 15 is 0 Å². The van der Waals surface area contributed by atoms with Crippen LogP contribution in [-0.4, -0.2) is 7.05 Å². The molecule has 0 amide bonds. The molecule has 0 saturated carbocycles. The fraction of sp³-hybridized carbons (Fsp3) is 0.0769. The fourth-order valence-corrected chi connectivity index (χ4v) is 1.62. The van der Waals surface area contributed by atoms with Gasteiger partial charge in [0, 0.05) is 18.3 Å². The molecule has 2 aromatic carbocycles. The quantitative estimate of drug-likeness (QED) is 0.754. The molecule has 0 atom stereocenters. The molecule has 0 saturated heterocycles. The molecule has 14 heavy (non-hydrogen) atoms. The first-order valence-corrected chi connectivity index (χ1v) is 4.67. The molecule has 70 valence electrons. The van der Waals surface area contributed by atoms with Gasteiger partial charge in [0.2, 0.25) is 0 Å². The summed E-state index contributed by atoms with van der Waals surface area (Å²) in [6.07, 6.45) is 0. The predicted octanol–water partition coefficient (Wildman–Crippen LogP) is 3.03. The van der Waals surface area contributed by atoms with E-state index in [1.54, 1.807) is 0 Å².